The summed E-state index contributed by atoms with van der Waals surface area (Å²) in [6, 6.07) is -22.3. The molecular formula is C74H133N25O23. The second-order valence-corrected chi connectivity index (χ2v) is 30.3. The Morgan fingerprint density at radius 1 is 0.434 bits per heavy atom. The molecule has 16 unspecified atom stereocenters. The number of carboxylic acid groups (broad SMARTS) is 2. The number of carbonyl (C=O) groups excluding carboxylic acids is 17. The van der Waals surface area contributed by atoms with Crippen LogP contribution >= 0.6 is 0 Å². The fourth-order valence-corrected chi connectivity index (χ4v) is 12.6. The Kier molecular flexibility index (Phi) is 52.5. The molecule has 48 nitrogen and oxygen atoms in total. The summed E-state index contributed by atoms with van der Waals surface area (Å²) >= 11 is 0. The van der Waals surface area contributed by atoms with Crippen molar-refractivity contribution in [2.45, 2.75) is 279 Å². The van der Waals surface area contributed by atoms with Gasteiger partial charge in [0, 0.05) is 25.9 Å². The second-order valence-electron chi connectivity index (χ2n) is 30.3. The van der Waals surface area contributed by atoms with Crippen molar-refractivity contribution >= 4 is 118 Å². The number of nitrogens with zero attached hydrogens (tertiary/aromatic N) is 1. The van der Waals surface area contributed by atoms with Crippen LogP contribution in [0, 0.1) is 17.2 Å². The molecule has 0 bridgehead atoms. The molecule has 16 atom stereocenters. The van der Waals surface area contributed by atoms with Gasteiger partial charge in [-0.2, -0.15) is 0 Å². The van der Waals surface area contributed by atoms with Gasteiger partial charge >= 0.3 is 11.9 Å². The van der Waals surface area contributed by atoms with E-state index in [9.17, 15) is 112 Å². The third kappa shape index (κ3) is 42.4. The molecule has 37 N–H and O–H groups in total. The molecule has 1 heterocycles. The molecule has 1 fully saturated rings. The first-order valence-electron chi connectivity index (χ1n) is 40.9. The molecule has 0 saturated carbocycles. The number of likely N-dealkylation sites (tertiary alicyclic amines) is 1. The summed E-state index contributed by atoms with van der Waals surface area (Å²) < 4.78 is 0. The van der Waals surface area contributed by atoms with Crippen molar-refractivity contribution in [2.75, 3.05) is 52.4 Å². The van der Waals surface area contributed by atoms with Crippen LogP contribution in [-0.2, 0) is 91.1 Å². The first-order valence-corrected chi connectivity index (χ1v) is 40.9. The van der Waals surface area contributed by atoms with Crippen LogP contribution < -0.4 is 126 Å². The summed E-state index contributed by atoms with van der Waals surface area (Å²) in [5.41, 5.74) is 50.2. The molecule has 0 aromatic carbocycles. The smallest absolute Gasteiger partial charge is 0.328 e. The molecule has 0 radical (unpaired) electrons. The Morgan fingerprint density at radius 3 is 1.25 bits per heavy atom. The number of unbranched alkanes of at least 4 members (excludes halogenated alkanes) is 4. The molecule has 0 aromatic rings. The topological polar surface area (TPSA) is 835 Å². The summed E-state index contributed by atoms with van der Waals surface area (Å²) in [6.07, 6.45) is -3.22. The van der Waals surface area contributed by atoms with E-state index in [2.05, 4.69) is 74.4 Å². The van der Waals surface area contributed by atoms with Crippen LogP contribution in [0.25, 0.3) is 0 Å². The third-order valence-electron chi connectivity index (χ3n) is 19.6. The zero-order valence-corrected chi connectivity index (χ0v) is 70.1. The fourth-order valence-electron chi connectivity index (χ4n) is 12.6. The normalized spacial score (nSPS) is 16.1. The van der Waals surface area contributed by atoms with Crippen molar-refractivity contribution < 1.29 is 112 Å². The number of primary amides is 3. The van der Waals surface area contributed by atoms with Gasteiger partial charge in [0.1, 0.15) is 72.5 Å². The monoisotopic (exact) mass is 1740 g/mol. The van der Waals surface area contributed by atoms with Gasteiger partial charge in [0.25, 0.3) is 0 Å². The number of amides is 17. The van der Waals surface area contributed by atoms with E-state index in [1.54, 1.807) is 27.7 Å². The number of aliphatic hydroxyl groups excluding tert-OH is 2. The van der Waals surface area contributed by atoms with Crippen LogP contribution in [0.3, 0.4) is 0 Å². The minimum atomic E-state index is -1.98. The van der Waals surface area contributed by atoms with Crippen LogP contribution in [0.4, 0.5) is 0 Å². The number of aliphatic carboxylic acids is 2. The van der Waals surface area contributed by atoms with Gasteiger partial charge in [-0.15, -0.1) is 0 Å². The Bertz CT molecular complexity index is 3510. The van der Waals surface area contributed by atoms with Crippen molar-refractivity contribution in [1.29, 1.82) is 5.41 Å². The Hall–Kier alpha value is -11.1. The van der Waals surface area contributed by atoms with Gasteiger partial charge in [0.2, 0.25) is 100 Å². The molecule has 692 valence electrons. The Labute approximate surface area is 707 Å². The SMILES string of the molecule is CCC(C)C(NC(=O)C(CC(C)C)NC(=O)C1CCCN1C(=O)C(CCC(=O)O)NC(=O)C(CO)NC(=O)C(CCCCN)NC(=O)C(CCC(N)=O)NC(=O)C(CC(N)=O)NC(=O)C(CC(N)=O)NC(=O)C(N)CCCCN)C(=O)NCC(=O)NC(CCCNC(=N)N)C(=O)NC(CCCCN)C(=O)NC(CCCCN)C(=O)NC(C(=O)O)C(C)O. The molecule has 1 saturated heterocycles. The van der Waals surface area contributed by atoms with Gasteiger partial charge in [-0.1, -0.05) is 40.5 Å². The number of carboxylic acids is 2. The predicted molar refractivity (Wildman–Crippen MR) is 438 cm³/mol. The van der Waals surface area contributed by atoms with Crippen molar-refractivity contribution in [3.63, 3.8) is 0 Å². The van der Waals surface area contributed by atoms with E-state index < -0.39 is 267 Å². The highest BCUT2D eigenvalue weighted by atomic mass is 16.4. The largest absolute Gasteiger partial charge is 0.481 e. The molecule has 0 aliphatic carbocycles. The molecule has 0 spiro atoms. The van der Waals surface area contributed by atoms with Crippen LogP contribution in [0.1, 0.15) is 189 Å². The molecular weight excluding hydrogens is 1610 g/mol. The zero-order valence-electron chi connectivity index (χ0n) is 70.1. The molecule has 1 aliphatic heterocycles. The average molecular weight is 1740 g/mol. The predicted octanol–water partition coefficient (Wildman–Crippen LogP) is -10.6. The van der Waals surface area contributed by atoms with Gasteiger partial charge in [-0.3, -0.25) is 91.7 Å². The lowest BCUT2D eigenvalue weighted by molar-refractivity contribution is -0.145. The van der Waals surface area contributed by atoms with Gasteiger partial charge in [0.15, 0.2) is 12.0 Å². The van der Waals surface area contributed by atoms with E-state index in [0.29, 0.717) is 38.6 Å². The second kappa shape index (κ2) is 58.8. The quantitative estimate of drug-likeness (QED) is 0.0153. The maximum Gasteiger partial charge on any atom is 0.328 e. The van der Waals surface area contributed by atoms with E-state index in [0.717, 1.165) is 11.8 Å². The first-order chi connectivity index (χ1) is 57.5. The zero-order chi connectivity index (χ0) is 92.5. The number of nitrogens with two attached hydrogens (primary N) is 9. The Balaban J connectivity index is 3.59. The Morgan fingerprint density at radius 2 is 0.828 bits per heavy atom. The van der Waals surface area contributed by atoms with Gasteiger partial charge in [0.05, 0.1) is 38.1 Å². The van der Waals surface area contributed by atoms with Crippen molar-refractivity contribution in [3.8, 4) is 0 Å². The summed E-state index contributed by atoms with van der Waals surface area (Å²) in [7, 11) is 0. The highest BCUT2D eigenvalue weighted by Gasteiger charge is 2.42. The lowest BCUT2D eigenvalue weighted by Gasteiger charge is -2.31. The van der Waals surface area contributed by atoms with E-state index in [1.807, 2.05) is 0 Å². The minimum Gasteiger partial charge on any atom is -0.481 e. The van der Waals surface area contributed by atoms with Crippen LogP contribution in [0.5, 0.6) is 0 Å². The average Bonchev–Trinajstić information content (AvgIpc) is 1.65. The number of hydrogen-bond donors (Lipinski definition) is 28. The first kappa shape index (κ1) is 109. The summed E-state index contributed by atoms with van der Waals surface area (Å²) in [6.45, 7) is 6.53. The maximum atomic E-state index is 14.7. The molecule has 0 aromatic heterocycles. The van der Waals surface area contributed by atoms with Gasteiger partial charge in [-0.25, -0.2) is 4.79 Å². The summed E-state index contributed by atoms with van der Waals surface area (Å²) in [4.78, 5) is 258. The van der Waals surface area contributed by atoms with Crippen LogP contribution in [0.2, 0.25) is 0 Å². The summed E-state index contributed by atoms with van der Waals surface area (Å²) in [5, 5.41) is 81.7. The number of rotatable bonds is 64. The minimum absolute atomic E-state index is 0.0266. The van der Waals surface area contributed by atoms with Crippen LogP contribution in [-0.4, -0.2) is 287 Å². The van der Waals surface area contributed by atoms with Gasteiger partial charge in [-0.05, 0) is 161 Å². The molecule has 1 aliphatic rings. The molecule has 48 heteroatoms. The fraction of sp³-hybridized carbons (Fsp3) is 0.730. The maximum absolute atomic E-state index is 14.7. The number of aliphatic hydroxyl groups is 2. The van der Waals surface area contributed by atoms with E-state index in [4.69, 9.17) is 57.0 Å². The molecule has 122 heavy (non-hydrogen) atoms. The number of nitrogens with one attached hydrogen (secondary N) is 15. The van der Waals surface area contributed by atoms with Gasteiger partial charge < -0.3 is 151 Å². The van der Waals surface area contributed by atoms with Crippen molar-refractivity contribution in [1.82, 2.24) is 79.3 Å². The number of hydrogen-bond acceptors (Lipinski definition) is 27. The number of carbonyl (C=O) groups is 19. The third-order valence-corrected chi connectivity index (χ3v) is 19.6. The van der Waals surface area contributed by atoms with Crippen molar-refractivity contribution in [2.24, 2.45) is 63.4 Å². The van der Waals surface area contributed by atoms with Crippen molar-refractivity contribution in [3.05, 3.63) is 0 Å². The van der Waals surface area contributed by atoms with Crippen LogP contribution in [0.15, 0.2) is 0 Å². The van der Waals surface area contributed by atoms with E-state index in [1.165, 1.54) is 0 Å². The lowest BCUT2D eigenvalue weighted by Crippen LogP contribution is -2.61. The standard InChI is InChI=1S/C74H133N25O23/c1-6-39(4)58(71(119)86-36-56(105)87-42(21-15-31-85-74(83)84)61(109)88-43(18-8-12-28-76)62(110)90-45(20-10-14-30-78)65(113)98-59(40(5)101)73(121)122)97-68(116)48(33-38(2)3)95-70(118)52-22-16-32-99(52)72(120)47(24-26-57(106)107)92-69(117)51(37-100)96-63(111)44(19-9-13-29-77)89-64(112)46(23-25-53(80)102)91-66(114)50(35-55(82)104)94-67(115)49(34-54(81)103)93-60(108)41(79)17-7-11-27-75/h38-52,58-59,100-101H,6-37,75-79H2,1-5H3,(H2,80,102)(H2,81,103)(H2,82,104)(H,86,119)(H,87,105)(H,88,109)(H,89,112)(H,90,110)(H,91,114)(H,92,117)(H,93,108)(H,94,115)(H,95,118)(H,96,111)(H,97,116)(H,98,113)(H,106,107)(H,121,122)(H4,83,84,85). The highest BCUT2D eigenvalue weighted by Crippen LogP contribution is 2.22. The lowest BCUT2D eigenvalue weighted by atomic mass is 9.96. The van der Waals surface area contributed by atoms with E-state index in [-0.39, 0.29) is 122 Å². The number of guanidine groups is 1. The summed E-state index contributed by atoms with van der Waals surface area (Å²) in [5.74, 6) is -22.1. The van der Waals surface area contributed by atoms with E-state index >= 15 is 0 Å². The molecule has 17 amide bonds. The molecule has 1 rings (SSSR count). The highest BCUT2D eigenvalue weighted by molar-refractivity contribution is 6.02.